The number of nitrogens with zero attached hydrogens (tertiary/aromatic N) is 5. The van der Waals surface area contributed by atoms with Gasteiger partial charge in [-0.1, -0.05) is 49.2 Å². The molecule has 1 N–H and O–H groups in total. The van der Waals surface area contributed by atoms with Gasteiger partial charge in [-0.05, 0) is 64.7 Å². The third kappa shape index (κ3) is 5.19. The summed E-state index contributed by atoms with van der Waals surface area (Å²) in [4.78, 5) is 25.4. The Labute approximate surface area is 231 Å². The third-order valence-corrected chi connectivity index (χ3v) is 8.65. The molecule has 1 saturated heterocycles. The van der Waals surface area contributed by atoms with Crippen molar-refractivity contribution in [1.29, 1.82) is 0 Å². The molecule has 196 valence electrons. The van der Waals surface area contributed by atoms with Gasteiger partial charge in [0, 0.05) is 44.0 Å². The number of nitrogens with one attached hydrogen (secondary N) is 1. The monoisotopic (exact) mass is 572 g/mol. The predicted molar refractivity (Wildman–Crippen MR) is 152 cm³/mol. The minimum Gasteiger partial charge on any atom is -0.366 e. The van der Waals surface area contributed by atoms with Crippen LogP contribution in [-0.4, -0.2) is 43.5 Å². The zero-order valence-electron chi connectivity index (χ0n) is 21.5. The summed E-state index contributed by atoms with van der Waals surface area (Å²) in [6.07, 6.45) is 12.2. The number of amides is 1. The van der Waals surface area contributed by atoms with Crippen LogP contribution in [0.25, 0.3) is 5.65 Å². The molecule has 4 aromatic rings. The van der Waals surface area contributed by atoms with Gasteiger partial charge in [0.05, 0.1) is 22.3 Å². The molecule has 2 atom stereocenters. The second-order valence-corrected chi connectivity index (χ2v) is 11.4. The smallest absolute Gasteiger partial charge is 0.230 e. The van der Waals surface area contributed by atoms with E-state index in [-0.39, 0.29) is 17.7 Å². The van der Waals surface area contributed by atoms with Crippen LogP contribution in [0.1, 0.15) is 67.2 Å². The first-order valence-corrected chi connectivity index (χ1v) is 14.5. The van der Waals surface area contributed by atoms with Gasteiger partial charge in [-0.2, -0.15) is 9.61 Å². The standard InChI is InChI=1S/C30H33BrN6O/c31-25-19-34-37-27(33-18-21-8-6-14-32-17-21)16-26(35-29(25)37)24-13-7-15-36(20-24)30(38)28(23-11-4-5-12-23)22-9-2-1-3-10-22/h1-3,6,8-10,14,16-17,19,23-24,28,33H,4-5,7,11-13,15,18,20H2. The topological polar surface area (TPSA) is 75.4 Å². The first-order chi connectivity index (χ1) is 18.7. The number of carbonyl (C=O) groups is 1. The van der Waals surface area contributed by atoms with Crippen molar-refractivity contribution in [3.8, 4) is 0 Å². The van der Waals surface area contributed by atoms with Crippen molar-refractivity contribution >= 4 is 33.3 Å². The SMILES string of the molecule is O=C(C(c1ccccc1)C1CCCC1)N1CCCC(c2cc(NCc3cccnc3)n3ncc(Br)c3n2)C1. The largest absolute Gasteiger partial charge is 0.366 e. The number of pyridine rings is 1. The average Bonchev–Trinajstić information content (AvgIpc) is 3.63. The maximum absolute atomic E-state index is 14.1. The van der Waals surface area contributed by atoms with E-state index < -0.39 is 0 Å². The van der Waals surface area contributed by atoms with Crippen molar-refractivity contribution < 1.29 is 4.79 Å². The highest BCUT2D eigenvalue weighted by Crippen LogP contribution is 2.40. The fourth-order valence-corrected chi connectivity index (χ4v) is 6.52. The highest BCUT2D eigenvalue weighted by molar-refractivity contribution is 9.10. The van der Waals surface area contributed by atoms with Crippen LogP contribution in [0.2, 0.25) is 0 Å². The Morgan fingerprint density at radius 1 is 1.05 bits per heavy atom. The third-order valence-electron chi connectivity index (χ3n) is 8.09. The van der Waals surface area contributed by atoms with Gasteiger partial charge in [-0.3, -0.25) is 9.78 Å². The number of piperidine rings is 1. The number of aromatic nitrogens is 4. The minimum absolute atomic E-state index is 0.0476. The van der Waals surface area contributed by atoms with E-state index in [0.717, 1.165) is 65.0 Å². The molecule has 1 aliphatic heterocycles. The Morgan fingerprint density at radius 3 is 2.68 bits per heavy atom. The summed E-state index contributed by atoms with van der Waals surface area (Å²) in [5.74, 6) is 1.74. The van der Waals surface area contributed by atoms with Gasteiger partial charge in [0.2, 0.25) is 5.91 Å². The quantitative estimate of drug-likeness (QED) is 0.286. The van der Waals surface area contributed by atoms with Gasteiger partial charge < -0.3 is 10.2 Å². The van der Waals surface area contributed by atoms with Crippen LogP contribution >= 0.6 is 15.9 Å². The molecule has 2 aliphatic rings. The van der Waals surface area contributed by atoms with Gasteiger partial charge in [-0.15, -0.1) is 0 Å². The van der Waals surface area contributed by atoms with Crippen LogP contribution in [0.3, 0.4) is 0 Å². The highest BCUT2D eigenvalue weighted by atomic mass is 79.9. The minimum atomic E-state index is -0.0476. The highest BCUT2D eigenvalue weighted by Gasteiger charge is 2.36. The van der Waals surface area contributed by atoms with E-state index in [4.69, 9.17) is 4.98 Å². The van der Waals surface area contributed by atoms with E-state index in [1.165, 1.54) is 12.8 Å². The van der Waals surface area contributed by atoms with Crippen molar-refractivity contribution in [2.24, 2.45) is 5.92 Å². The molecule has 6 rings (SSSR count). The number of hydrogen-bond acceptors (Lipinski definition) is 5. The molecule has 4 heterocycles. The summed E-state index contributed by atoms with van der Waals surface area (Å²) in [6.45, 7) is 2.15. The lowest BCUT2D eigenvalue weighted by atomic mass is 9.82. The molecule has 8 heteroatoms. The molecular weight excluding hydrogens is 540 g/mol. The van der Waals surface area contributed by atoms with Gasteiger partial charge in [0.25, 0.3) is 0 Å². The number of anilines is 1. The Hall–Kier alpha value is -3.26. The van der Waals surface area contributed by atoms with Gasteiger partial charge >= 0.3 is 0 Å². The lowest BCUT2D eigenvalue weighted by molar-refractivity contribution is -0.135. The Morgan fingerprint density at radius 2 is 1.89 bits per heavy atom. The van der Waals surface area contributed by atoms with Gasteiger partial charge in [0.15, 0.2) is 5.65 Å². The normalized spacial score (nSPS) is 19.1. The van der Waals surface area contributed by atoms with Crippen LogP contribution in [0, 0.1) is 5.92 Å². The molecule has 1 saturated carbocycles. The average molecular weight is 574 g/mol. The molecule has 1 amide bonds. The maximum Gasteiger partial charge on any atom is 0.230 e. The summed E-state index contributed by atoms with van der Waals surface area (Å²) >= 11 is 3.62. The lowest BCUT2D eigenvalue weighted by Gasteiger charge is -2.36. The Bertz CT molecular complexity index is 1390. The Kier molecular flexibility index (Phi) is 7.40. The van der Waals surface area contributed by atoms with Crippen molar-refractivity contribution in [3.05, 3.63) is 88.4 Å². The van der Waals surface area contributed by atoms with E-state index in [1.807, 2.05) is 22.8 Å². The van der Waals surface area contributed by atoms with E-state index in [1.54, 1.807) is 12.4 Å². The molecule has 0 bridgehead atoms. The second-order valence-electron chi connectivity index (χ2n) is 10.6. The number of halogens is 1. The molecule has 2 fully saturated rings. The molecule has 3 aromatic heterocycles. The molecule has 0 spiro atoms. The zero-order valence-corrected chi connectivity index (χ0v) is 23.1. The van der Waals surface area contributed by atoms with Crippen molar-refractivity contribution in [2.75, 3.05) is 18.4 Å². The molecule has 2 unspecified atom stereocenters. The fourth-order valence-electron chi connectivity index (χ4n) is 6.17. The zero-order chi connectivity index (χ0) is 25.9. The van der Waals surface area contributed by atoms with Crippen LogP contribution in [0.5, 0.6) is 0 Å². The number of benzene rings is 1. The number of likely N-dealkylation sites (tertiary alicyclic amines) is 1. The molecule has 0 radical (unpaired) electrons. The van der Waals surface area contributed by atoms with E-state index in [2.05, 4.69) is 72.6 Å². The summed E-state index contributed by atoms with van der Waals surface area (Å²) in [5, 5.41) is 8.05. The Balaban J connectivity index is 1.26. The molecular formula is C30H33BrN6O. The predicted octanol–water partition coefficient (Wildman–Crippen LogP) is 6.18. The van der Waals surface area contributed by atoms with Crippen LogP contribution in [0.15, 0.2) is 71.6 Å². The molecule has 1 aliphatic carbocycles. The summed E-state index contributed by atoms with van der Waals surface area (Å²) in [6, 6.07) is 16.5. The molecule has 7 nitrogen and oxygen atoms in total. The van der Waals surface area contributed by atoms with E-state index in [9.17, 15) is 4.79 Å². The van der Waals surface area contributed by atoms with Crippen LogP contribution in [0.4, 0.5) is 5.82 Å². The van der Waals surface area contributed by atoms with E-state index >= 15 is 0 Å². The number of fused-ring (bicyclic) bond motifs is 1. The number of carbonyl (C=O) groups excluding carboxylic acids is 1. The van der Waals surface area contributed by atoms with Crippen molar-refractivity contribution in [3.63, 3.8) is 0 Å². The number of rotatable bonds is 7. The van der Waals surface area contributed by atoms with Crippen LogP contribution in [-0.2, 0) is 11.3 Å². The van der Waals surface area contributed by atoms with Crippen LogP contribution < -0.4 is 5.32 Å². The second kappa shape index (κ2) is 11.2. The fraction of sp³-hybridized carbons (Fsp3) is 0.400. The summed E-state index contributed by atoms with van der Waals surface area (Å²) in [5.41, 5.74) is 4.05. The van der Waals surface area contributed by atoms with Gasteiger partial charge in [-0.25, -0.2) is 4.98 Å². The summed E-state index contributed by atoms with van der Waals surface area (Å²) < 4.78 is 2.69. The first-order valence-electron chi connectivity index (χ1n) is 13.7. The molecule has 1 aromatic carbocycles. The lowest BCUT2D eigenvalue weighted by Crippen LogP contribution is -2.43. The first kappa shape index (κ1) is 25.0. The number of hydrogen-bond donors (Lipinski definition) is 1. The van der Waals surface area contributed by atoms with Crippen molar-refractivity contribution in [1.82, 2.24) is 24.5 Å². The maximum atomic E-state index is 14.1. The van der Waals surface area contributed by atoms with Gasteiger partial charge in [0.1, 0.15) is 5.82 Å². The summed E-state index contributed by atoms with van der Waals surface area (Å²) in [7, 11) is 0. The molecule has 38 heavy (non-hydrogen) atoms. The van der Waals surface area contributed by atoms with Crippen molar-refractivity contribution in [2.45, 2.75) is 56.9 Å². The van der Waals surface area contributed by atoms with E-state index in [0.29, 0.717) is 19.0 Å².